The van der Waals surface area contributed by atoms with Crippen LogP contribution in [0.15, 0.2) is 24.3 Å². The van der Waals surface area contributed by atoms with Crippen LogP contribution in [0.4, 0.5) is 0 Å². The lowest BCUT2D eigenvalue weighted by molar-refractivity contribution is -0.175. The summed E-state index contributed by atoms with van der Waals surface area (Å²) >= 11 is 6.18. The highest BCUT2D eigenvalue weighted by atomic mass is 35.5. The normalized spacial score (nSPS) is 25.2. The van der Waals surface area contributed by atoms with Gasteiger partial charge in [-0.3, -0.25) is 0 Å². The van der Waals surface area contributed by atoms with Gasteiger partial charge < -0.3 is 9.47 Å². The Hall–Kier alpha value is -1.01. The smallest absolute Gasteiger partial charge is 0.170 e. The van der Waals surface area contributed by atoms with Crippen molar-refractivity contribution in [3.8, 4) is 12.3 Å². The molecule has 1 fully saturated rings. The lowest BCUT2D eigenvalue weighted by Gasteiger charge is -2.24. The fraction of sp³-hybridized carbons (Fsp3) is 0.500. The van der Waals surface area contributed by atoms with E-state index < -0.39 is 5.79 Å². The van der Waals surface area contributed by atoms with Gasteiger partial charge in [-0.1, -0.05) is 49.6 Å². The van der Waals surface area contributed by atoms with Crippen molar-refractivity contribution in [2.24, 2.45) is 0 Å². The Morgan fingerprint density at radius 3 is 2.53 bits per heavy atom. The minimum Gasteiger partial charge on any atom is -0.343 e. The van der Waals surface area contributed by atoms with Crippen molar-refractivity contribution in [2.45, 2.75) is 51.1 Å². The molecule has 0 spiro atoms. The molecule has 0 bridgehead atoms. The molecule has 0 saturated carbocycles. The predicted octanol–water partition coefficient (Wildman–Crippen LogP) is 3.82. The molecule has 2 rings (SSSR count). The second-order valence-electron chi connectivity index (χ2n) is 4.77. The van der Waals surface area contributed by atoms with E-state index in [0.29, 0.717) is 6.42 Å². The molecule has 3 heteroatoms. The molecule has 1 aromatic carbocycles. The number of ether oxygens (including phenoxy) is 2. The van der Waals surface area contributed by atoms with Gasteiger partial charge >= 0.3 is 0 Å². The SMILES string of the molecule is C#C[C@@H]1OC(CC)(CC)O[C@H]1Cc1ccccc1Cl. The molecule has 102 valence electrons. The second kappa shape index (κ2) is 5.96. The molecule has 1 heterocycles. The summed E-state index contributed by atoms with van der Waals surface area (Å²) < 4.78 is 12.0. The zero-order valence-corrected chi connectivity index (χ0v) is 12.1. The second-order valence-corrected chi connectivity index (χ2v) is 5.18. The molecule has 1 aliphatic rings. The van der Waals surface area contributed by atoms with Crippen molar-refractivity contribution < 1.29 is 9.47 Å². The summed E-state index contributed by atoms with van der Waals surface area (Å²) in [6.07, 6.45) is 7.38. The van der Waals surface area contributed by atoms with Crippen molar-refractivity contribution in [2.75, 3.05) is 0 Å². The van der Waals surface area contributed by atoms with Gasteiger partial charge in [-0.25, -0.2) is 0 Å². The lowest BCUT2D eigenvalue weighted by atomic mass is 10.0. The summed E-state index contributed by atoms with van der Waals surface area (Å²) in [7, 11) is 0. The van der Waals surface area contributed by atoms with Crippen molar-refractivity contribution in [1.82, 2.24) is 0 Å². The van der Waals surface area contributed by atoms with E-state index in [9.17, 15) is 0 Å². The van der Waals surface area contributed by atoms with Crippen LogP contribution in [0, 0.1) is 12.3 Å². The highest BCUT2D eigenvalue weighted by molar-refractivity contribution is 6.31. The summed E-state index contributed by atoms with van der Waals surface area (Å²) in [5, 5.41) is 0.743. The van der Waals surface area contributed by atoms with Crippen molar-refractivity contribution in [3.63, 3.8) is 0 Å². The molecule has 1 aliphatic heterocycles. The maximum Gasteiger partial charge on any atom is 0.170 e. The van der Waals surface area contributed by atoms with Gasteiger partial charge in [-0.05, 0) is 24.5 Å². The third-order valence-corrected chi connectivity index (χ3v) is 4.03. The molecule has 0 amide bonds. The monoisotopic (exact) mass is 278 g/mol. The van der Waals surface area contributed by atoms with Crippen molar-refractivity contribution in [3.05, 3.63) is 34.9 Å². The van der Waals surface area contributed by atoms with Crippen LogP contribution in [0.5, 0.6) is 0 Å². The van der Waals surface area contributed by atoms with E-state index in [1.807, 2.05) is 24.3 Å². The Morgan fingerprint density at radius 2 is 1.95 bits per heavy atom. The van der Waals surface area contributed by atoms with Crippen LogP contribution in [0.2, 0.25) is 5.02 Å². The zero-order valence-electron chi connectivity index (χ0n) is 11.4. The molecule has 19 heavy (non-hydrogen) atoms. The quantitative estimate of drug-likeness (QED) is 0.780. The largest absolute Gasteiger partial charge is 0.343 e. The fourth-order valence-electron chi connectivity index (χ4n) is 2.43. The molecular formula is C16H19ClO2. The molecule has 0 aromatic heterocycles. The van der Waals surface area contributed by atoms with Gasteiger partial charge in [0.2, 0.25) is 0 Å². The van der Waals surface area contributed by atoms with Gasteiger partial charge in [0.15, 0.2) is 5.79 Å². The number of benzene rings is 1. The number of hydrogen-bond acceptors (Lipinski definition) is 2. The summed E-state index contributed by atoms with van der Waals surface area (Å²) in [6.45, 7) is 4.10. The first-order valence-electron chi connectivity index (χ1n) is 6.69. The molecular weight excluding hydrogens is 260 g/mol. The Morgan fingerprint density at radius 1 is 1.26 bits per heavy atom. The molecule has 0 N–H and O–H groups in total. The highest BCUT2D eigenvalue weighted by Crippen LogP contribution is 2.36. The summed E-state index contributed by atoms with van der Waals surface area (Å²) in [4.78, 5) is 0. The van der Waals surface area contributed by atoms with Crippen LogP contribution >= 0.6 is 11.6 Å². The van der Waals surface area contributed by atoms with Gasteiger partial charge in [-0.2, -0.15) is 0 Å². The van der Waals surface area contributed by atoms with Gasteiger partial charge in [0, 0.05) is 11.4 Å². The molecule has 0 aliphatic carbocycles. The highest BCUT2D eigenvalue weighted by Gasteiger charge is 2.44. The van der Waals surface area contributed by atoms with Gasteiger partial charge in [0.25, 0.3) is 0 Å². The fourth-order valence-corrected chi connectivity index (χ4v) is 2.64. The number of terminal acetylenes is 1. The van der Waals surface area contributed by atoms with E-state index >= 15 is 0 Å². The Labute approximate surface area is 120 Å². The molecule has 0 radical (unpaired) electrons. The Balaban J connectivity index is 2.16. The minimum atomic E-state index is -0.539. The standard InChI is InChI=1S/C16H19ClO2/c1-4-14-15(19-16(5-2,6-3)18-14)11-12-9-7-8-10-13(12)17/h1,7-10,14-15H,5-6,11H2,2-3H3/t14-,15-/m0/s1. The van der Waals surface area contributed by atoms with Crippen LogP contribution in [0.25, 0.3) is 0 Å². The van der Waals surface area contributed by atoms with Crippen LogP contribution in [0.1, 0.15) is 32.3 Å². The van der Waals surface area contributed by atoms with Crippen LogP contribution in [-0.4, -0.2) is 18.0 Å². The first-order chi connectivity index (χ1) is 9.14. The Kier molecular flexibility index (Phi) is 4.52. The number of rotatable bonds is 4. The van der Waals surface area contributed by atoms with Gasteiger partial charge in [0.1, 0.15) is 12.2 Å². The molecule has 2 nitrogen and oxygen atoms in total. The number of halogens is 1. The zero-order chi connectivity index (χ0) is 13.9. The average Bonchev–Trinajstić information content (AvgIpc) is 2.80. The summed E-state index contributed by atoms with van der Waals surface area (Å²) in [5.41, 5.74) is 1.04. The van der Waals surface area contributed by atoms with E-state index in [1.165, 1.54) is 0 Å². The van der Waals surface area contributed by atoms with Gasteiger partial charge in [0.05, 0.1) is 0 Å². The summed E-state index contributed by atoms with van der Waals surface area (Å²) in [6, 6.07) is 7.76. The first kappa shape index (κ1) is 14.4. The van der Waals surface area contributed by atoms with E-state index in [4.69, 9.17) is 27.5 Å². The third-order valence-electron chi connectivity index (χ3n) is 3.67. The third kappa shape index (κ3) is 2.95. The van der Waals surface area contributed by atoms with Crippen molar-refractivity contribution in [1.29, 1.82) is 0 Å². The first-order valence-corrected chi connectivity index (χ1v) is 7.07. The van der Waals surface area contributed by atoms with E-state index in [-0.39, 0.29) is 12.2 Å². The van der Waals surface area contributed by atoms with Crippen LogP contribution in [-0.2, 0) is 15.9 Å². The van der Waals surface area contributed by atoms with E-state index in [2.05, 4.69) is 19.8 Å². The molecule has 0 unspecified atom stereocenters. The van der Waals surface area contributed by atoms with Crippen molar-refractivity contribution >= 4 is 11.6 Å². The van der Waals surface area contributed by atoms with E-state index in [1.54, 1.807) is 0 Å². The maximum absolute atomic E-state index is 6.18. The molecule has 1 aromatic rings. The molecule has 1 saturated heterocycles. The van der Waals surface area contributed by atoms with Crippen LogP contribution in [0.3, 0.4) is 0 Å². The topological polar surface area (TPSA) is 18.5 Å². The molecule has 2 atom stereocenters. The Bertz CT molecular complexity index is 474. The average molecular weight is 279 g/mol. The summed E-state index contributed by atoms with van der Waals surface area (Å²) in [5.74, 6) is 2.15. The maximum atomic E-state index is 6.18. The van der Waals surface area contributed by atoms with Crippen LogP contribution < -0.4 is 0 Å². The van der Waals surface area contributed by atoms with E-state index in [0.717, 1.165) is 23.4 Å². The minimum absolute atomic E-state index is 0.134. The predicted molar refractivity (Wildman–Crippen MR) is 77.0 cm³/mol. The lowest BCUT2D eigenvalue weighted by Crippen LogP contribution is -2.29. The number of hydrogen-bond donors (Lipinski definition) is 0. The van der Waals surface area contributed by atoms with Gasteiger partial charge in [-0.15, -0.1) is 6.42 Å².